The number of nitrogens with zero attached hydrogens (tertiary/aromatic N) is 1. The molecule has 0 amide bonds. The zero-order valence-electron chi connectivity index (χ0n) is 16.9. The first-order valence-electron chi connectivity index (χ1n) is 9.89. The Morgan fingerprint density at radius 2 is 1.64 bits per heavy atom. The van der Waals surface area contributed by atoms with Crippen LogP contribution < -0.4 is 9.84 Å². The molecule has 170 valence electrons. The second-order valence-corrected chi connectivity index (χ2v) is 7.91. The van der Waals surface area contributed by atoms with E-state index in [1.807, 2.05) is 0 Å². The van der Waals surface area contributed by atoms with E-state index in [9.17, 15) is 27.5 Å². The van der Waals surface area contributed by atoms with Gasteiger partial charge in [-0.05, 0) is 60.2 Å². The Balaban J connectivity index is 1.75. The fourth-order valence-electron chi connectivity index (χ4n) is 3.85. The monoisotopic (exact) mass is 476 g/mol. The molecule has 0 spiro atoms. The van der Waals surface area contributed by atoms with Gasteiger partial charge in [-0.3, -0.25) is 0 Å². The topological polar surface area (TPSA) is 62.2 Å². The largest absolute Gasteiger partial charge is 0.545 e. The van der Waals surface area contributed by atoms with Gasteiger partial charge in [-0.2, -0.15) is 0 Å². The fraction of sp³-hybridized carbons (Fsp3) is 0.167. The molecule has 0 aliphatic heterocycles. The van der Waals surface area contributed by atoms with Crippen molar-refractivity contribution < 1.29 is 32.2 Å². The van der Waals surface area contributed by atoms with E-state index in [0.717, 1.165) is 6.07 Å². The SMILES string of the molecule is O=C([O-])c1cc(F)cc(C2=C(c3cc(Cl)cnc3OCc3c(F)cc(F)cc3F)CCC2)c1. The van der Waals surface area contributed by atoms with E-state index in [1.165, 1.54) is 18.3 Å². The van der Waals surface area contributed by atoms with Crippen LogP contribution in [0.25, 0.3) is 11.1 Å². The van der Waals surface area contributed by atoms with Crippen LogP contribution in [0.1, 0.15) is 46.3 Å². The van der Waals surface area contributed by atoms with E-state index in [2.05, 4.69) is 4.98 Å². The fourth-order valence-corrected chi connectivity index (χ4v) is 4.01. The van der Waals surface area contributed by atoms with Crippen molar-refractivity contribution in [2.45, 2.75) is 25.9 Å². The number of pyridine rings is 1. The zero-order valence-corrected chi connectivity index (χ0v) is 17.7. The number of aromatic nitrogens is 1. The number of ether oxygens (including phenoxy) is 1. The van der Waals surface area contributed by atoms with Crippen LogP contribution in [-0.4, -0.2) is 11.0 Å². The number of carbonyl (C=O) groups excluding carboxylic acids is 1. The summed E-state index contributed by atoms with van der Waals surface area (Å²) in [6.45, 7) is -0.559. The maximum atomic E-state index is 14.1. The van der Waals surface area contributed by atoms with Gasteiger partial charge < -0.3 is 14.6 Å². The van der Waals surface area contributed by atoms with Gasteiger partial charge in [-0.25, -0.2) is 22.5 Å². The van der Waals surface area contributed by atoms with Gasteiger partial charge in [0.25, 0.3) is 0 Å². The molecule has 0 saturated heterocycles. The summed E-state index contributed by atoms with van der Waals surface area (Å²) in [6, 6.07) is 6.06. The molecule has 9 heteroatoms. The molecule has 4 rings (SSSR count). The Kier molecular flexibility index (Phi) is 6.37. The Labute approximate surface area is 191 Å². The number of carboxylic acid groups (broad SMARTS) is 1. The molecule has 1 aliphatic carbocycles. The predicted octanol–water partition coefficient (Wildman–Crippen LogP) is 5.33. The highest BCUT2D eigenvalue weighted by molar-refractivity contribution is 6.30. The summed E-state index contributed by atoms with van der Waals surface area (Å²) in [6.07, 6.45) is 3.04. The van der Waals surface area contributed by atoms with E-state index in [0.29, 0.717) is 53.7 Å². The smallest absolute Gasteiger partial charge is 0.221 e. The molecule has 1 heterocycles. The molecule has 0 saturated carbocycles. The maximum absolute atomic E-state index is 14.1. The van der Waals surface area contributed by atoms with Gasteiger partial charge in [0.2, 0.25) is 5.88 Å². The maximum Gasteiger partial charge on any atom is 0.221 e. The van der Waals surface area contributed by atoms with E-state index in [-0.39, 0.29) is 16.5 Å². The molecular formula is C24H15ClF4NO3-. The van der Waals surface area contributed by atoms with Crippen LogP contribution in [-0.2, 0) is 6.61 Å². The quantitative estimate of drug-likeness (QED) is 0.451. The van der Waals surface area contributed by atoms with Gasteiger partial charge in [0.15, 0.2) is 0 Å². The van der Waals surface area contributed by atoms with Crippen molar-refractivity contribution >= 4 is 28.7 Å². The van der Waals surface area contributed by atoms with Crippen LogP contribution in [0.15, 0.2) is 42.6 Å². The lowest BCUT2D eigenvalue weighted by Crippen LogP contribution is -2.22. The van der Waals surface area contributed by atoms with Gasteiger partial charge >= 0.3 is 0 Å². The summed E-state index contributed by atoms with van der Waals surface area (Å²) < 4.78 is 60.8. The Hall–Kier alpha value is -3.39. The van der Waals surface area contributed by atoms with Crippen molar-refractivity contribution in [2.24, 2.45) is 0 Å². The highest BCUT2D eigenvalue weighted by Crippen LogP contribution is 2.43. The van der Waals surface area contributed by atoms with Gasteiger partial charge in [0.05, 0.1) is 16.6 Å². The minimum atomic E-state index is -1.51. The van der Waals surface area contributed by atoms with Crippen molar-refractivity contribution in [3.05, 3.63) is 93.1 Å². The second kappa shape index (κ2) is 9.23. The lowest BCUT2D eigenvalue weighted by atomic mass is 9.96. The molecule has 0 atom stereocenters. The Morgan fingerprint density at radius 3 is 2.33 bits per heavy atom. The number of allylic oxidation sites excluding steroid dienone is 2. The minimum Gasteiger partial charge on any atom is -0.545 e. The van der Waals surface area contributed by atoms with Crippen molar-refractivity contribution in [1.82, 2.24) is 4.98 Å². The molecule has 0 unspecified atom stereocenters. The standard InChI is InChI=1S/C24H16ClF4NO3/c25-14-7-19(23(30-10-14)33-11-20-21(28)8-16(27)9-22(20)29)18-3-1-2-17(18)12-4-13(24(31)32)6-15(26)5-12/h4-10H,1-3,11H2,(H,31,32)/p-1. The number of benzene rings is 2. The number of halogens is 5. The van der Waals surface area contributed by atoms with Gasteiger partial charge in [-0.15, -0.1) is 0 Å². The summed E-state index contributed by atoms with van der Waals surface area (Å²) in [5.74, 6) is -5.46. The summed E-state index contributed by atoms with van der Waals surface area (Å²) in [5, 5.41) is 11.5. The normalized spacial score (nSPS) is 13.5. The Bertz CT molecular complexity index is 1270. The lowest BCUT2D eigenvalue weighted by Gasteiger charge is -2.15. The third-order valence-corrected chi connectivity index (χ3v) is 5.51. The summed E-state index contributed by atoms with van der Waals surface area (Å²) in [5.41, 5.74) is 1.38. The average molecular weight is 477 g/mol. The minimum absolute atomic E-state index is 0.0217. The van der Waals surface area contributed by atoms with Crippen molar-refractivity contribution in [1.29, 1.82) is 0 Å². The molecule has 0 radical (unpaired) electrons. The molecule has 1 aromatic heterocycles. The molecule has 4 nitrogen and oxygen atoms in total. The van der Waals surface area contributed by atoms with E-state index in [4.69, 9.17) is 16.3 Å². The highest BCUT2D eigenvalue weighted by Gasteiger charge is 2.23. The lowest BCUT2D eigenvalue weighted by molar-refractivity contribution is -0.255. The van der Waals surface area contributed by atoms with Crippen molar-refractivity contribution in [3.63, 3.8) is 0 Å². The first kappa shape index (κ1) is 22.8. The highest BCUT2D eigenvalue weighted by atomic mass is 35.5. The number of rotatable bonds is 6. The van der Waals surface area contributed by atoms with E-state index >= 15 is 0 Å². The second-order valence-electron chi connectivity index (χ2n) is 7.47. The number of hydrogen-bond acceptors (Lipinski definition) is 4. The van der Waals surface area contributed by atoms with Crippen molar-refractivity contribution in [2.75, 3.05) is 0 Å². The molecule has 2 aromatic carbocycles. The number of carboxylic acids is 1. The van der Waals surface area contributed by atoms with Crippen LogP contribution >= 0.6 is 11.6 Å². The summed E-state index contributed by atoms with van der Waals surface area (Å²) in [4.78, 5) is 15.4. The predicted molar refractivity (Wildman–Crippen MR) is 111 cm³/mol. The van der Waals surface area contributed by atoms with Gasteiger partial charge in [0, 0.05) is 29.5 Å². The van der Waals surface area contributed by atoms with Crippen LogP contribution in [0.3, 0.4) is 0 Å². The number of carbonyl (C=O) groups is 1. The first-order chi connectivity index (χ1) is 15.7. The molecule has 33 heavy (non-hydrogen) atoms. The molecule has 3 aromatic rings. The summed E-state index contributed by atoms with van der Waals surface area (Å²) in [7, 11) is 0. The van der Waals surface area contributed by atoms with Gasteiger partial charge in [0.1, 0.15) is 29.9 Å². The third kappa shape index (κ3) is 4.85. The summed E-state index contributed by atoms with van der Waals surface area (Å²) >= 11 is 6.12. The zero-order chi connectivity index (χ0) is 23.7. The third-order valence-electron chi connectivity index (χ3n) is 5.30. The van der Waals surface area contributed by atoms with Gasteiger partial charge in [-0.1, -0.05) is 11.6 Å². The van der Waals surface area contributed by atoms with Crippen LogP contribution in [0, 0.1) is 23.3 Å². The van der Waals surface area contributed by atoms with E-state index in [1.54, 1.807) is 6.07 Å². The van der Waals surface area contributed by atoms with Crippen molar-refractivity contribution in [3.8, 4) is 5.88 Å². The van der Waals surface area contributed by atoms with Crippen LogP contribution in [0.2, 0.25) is 5.02 Å². The molecule has 0 bridgehead atoms. The van der Waals surface area contributed by atoms with Crippen LogP contribution in [0.4, 0.5) is 17.6 Å². The Morgan fingerprint density at radius 1 is 0.970 bits per heavy atom. The van der Waals surface area contributed by atoms with Crippen LogP contribution in [0.5, 0.6) is 5.88 Å². The first-order valence-corrected chi connectivity index (χ1v) is 10.3. The number of aromatic carboxylic acids is 1. The molecular weight excluding hydrogens is 462 g/mol. The molecule has 1 aliphatic rings. The average Bonchev–Trinajstić information content (AvgIpc) is 3.23. The molecule has 0 N–H and O–H groups in total. The van der Waals surface area contributed by atoms with E-state index < -0.39 is 41.4 Å². The molecule has 0 fully saturated rings. The number of hydrogen-bond donors (Lipinski definition) is 0.